The summed E-state index contributed by atoms with van der Waals surface area (Å²) in [4.78, 5) is 16.3. The van der Waals surface area contributed by atoms with E-state index in [-0.39, 0.29) is 27.3 Å². The first-order valence-corrected chi connectivity index (χ1v) is 14.7. The number of fused-ring (bicyclic) bond motifs is 1. The molecule has 1 spiro atoms. The summed E-state index contributed by atoms with van der Waals surface area (Å²) in [7, 11) is 4.14. The zero-order valence-corrected chi connectivity index (χ0v) is 25.0. The second kappa shape index (κ2) is 10.9. The normalized spacial score (nSPS) is 19.7. The Balaban J connectivity index is 1.40. The fourth-order valence-corrected chi connectivity index (χ4v) is 6.63. The van der Waals surface area contributed by atoms with Crippen molar-refractivity contribution in [1.29, 1.82) is 0 Å². The average Bonchev–Trinajstić information content (AvgIpc) is 2.88. The highest BCUT2D eigenvalue weighted by Gasteiger charge is 2.45. The van der Waals surface area contributed by atoms with Crippen LogP contribution in [0.3, 0.4) is 0 Å². The molecule has 2 N–H and O–H groups in total. The molecular formula is C32H38ClFN6O. The van der Waals surface area contributed by atoms with Crippen molar-refractivity contribution in [1.82, 2.24) is 20.2 Å². The minimum absolute atomic E-state index is 0.0274. The molecule has 3 fully saturated rings. The molecule has 3 saturated heterocycles. The van der Waals surface area contributed by atoms with E-state index in [2.05, 4.69) is 34.1 Å². The van der Waals surface area contributed by atoms with E-state index in [1.165, 1.54) is 0 Å². The number of aliphatic hydroxyl groups excluding tert-OH is 1. The number of anilines is 2. The van der Waals surface area contributed by atoms with Gasteiger partial charge in [-0.25, -0.2) is 9.37 Å². The number of rotatable bonds is 6. The number of hydrogen-bond donors (Lipinski definition) is 2. The van der Waals surface area contributed by atoms with Gasteiger partial charge in [0, 0.05) is 48.6 Å². The third kappa shape index (κ3) is 5.29. The molecule has 4 heterocycles. The van der Waals surface area contributed by atoms with Gasteiger partial charge in [0.2, 0.25) is 5.95 Å². The number of nitrogens with one attached hydrogen (secondary N) is 1. The number of hydrogen-bond acceptors (Lipinski definition) is 7. The van der Waals surface area contributed by atoms with Crippen molar-refractivity contribution >= 4 is 45.9 Å². The highest BCUT2D eigenvalue weighted by molar-refractivity contribution is 6.33. The van der Waals surface area contributed by atoms with Gasteiger partial charge in [0.25, 0.3) is 0 Å². The Morgan fingerprint density at radius 3 is 2.54 bits per heavy atom. The number of benzene rings is 2. The van der Waals surface area contributed by atoms with Crippen molar-refractivity contribution in [2.24, 2.45) is 5.41 Å². The lowest BCUT2D eigenvalue weighted by molar-refractivity contribution is 0.149. The van der Waals surface area contributed by atoms with Crippen LogP contribution in [0.5, 0.6) is 0 Å². The molecule has 0 radical (unpaired) electrons. The van der Waals surface area contributed by atoms with E-state index in [4.69, 9.17) is 21.6 Å². The number of allylic oxidation sites excluding steroid dienone is 2. The van der Waals surface area contributed by atoms with Gasteiger partial charge in [-0.1, -0.05) is 35.9 Å². The first-order chi connectivity index (χ1) is 19.6. The van der Waals surface area contributed by atoms with Crippen LogP contribution in [0.15, 0.2) is 42.2 Å². The van der Waals surface area contributed by atoms with Crippen LogP contribution in [0, 0.1) is 18.2 Å². The van der Waals surface area contributed by atoms with Crippen LogP contribution < -0.4 is 15.1 Å². The number of aromatic nitrogens is 2. The van der Waals surface area contributed by atoms with Crippen molar-refractivity contribution < 1.29 is 9.50 Å². The van der Waals surface area contributed by atoms with Crippen LogP contribution in [-0.4, -0.2) is 79.4 Å². The summed E-state index contributed by atoms with van der Waals surface area (Å²) in [5.41, 5.74) is 3.25. The van der Waals surface area contributed by atoms with Gasteiger partial charge in [0.15, 0.2) is 5.82 Å². The van der Waals surface area contributed by atoms with Gasteiger partial charge in [-0.2, -0.15) is 4.98 Å². The zero-order valence-electron chi connectivity index (χ0n) is 24.2. The predicted octanol–water partition coefficient (Wildman–Crippen LogP) is 5.67. The van der Waals surface area contributed by atoms with Gasteiger partial charge in [0.05, 0.1) is 5.02 Å². The predicted molar refractivity (Wildman–Crippen MR) is 166 cm³/mol. The molecule has 3 aliphatic heterocycles. The van der Waals surface area contributed by atoms with E-state index in [0.29, 0.717) is 22.9 Å². The molecule has 3 aliphatic rings. The first kappa shape index (κ1) is 27.9. The maximum atomic E-state index is 16.4. The molecule has 0 unspecified atom stereocenters. The lowest BCUT2D eigenvalue weighted by atomic mass is 9.72. The summed E-state index contributed by atoms with van der Waals surface area (Å²) in [5, 5.41) is 15.1. The molecule has 0 aliphatic carbocycles. The third-order valence-corrected chi connectivity index (χ3v) is 9.29. The Hall–Kier alpha value is -3.20. The molecular weight excluding hydrogens is 539 g/mol. The Morgan fingerprint density at radius 2 is 1.85 bits per heavy atom. The summed E-state index contributed by atoms with van der Waals surface area (Å²) in [6, 6.07) is 9.99. The van der Waals surface area contributed by atoms with E-state index in [9.17, 15) is 5.11 Å². The third-order valence-electron chi connectivity index (χ3n) is 8.99. The SMILES string of the molecule is C/C(=C\C(O)=C/c1ccccc1C)c1c(Cl)cc2c(N3CC4(CCNCC4)C3)nc(N3CC(N(C)C)C3)nc2c1F. The molecule has 1 aromatic heterocycles. The molecule has 216 valence electrons. The van der Waals surface area contributed by atoms with E-state index in [1.54, 1.807) is 25.1 Å². The summed E-state index contributed by atoms with van der Waals surface area (Å²) >= 11 is 6.77. The highest BCUT2D eigenvalue weighted by Crippen LogP contribution is 2.44. The van der Waals surface area contributed by atoms with Crippen LogP contribution in [0.4, 0.5) is 16.2 Å². The van der Waals surface area contributed by atoms with Crippen molar-refractivity contribution in [3.63, 3.8) is 0 Å². The standard InChI is InChI=1S/C32H38ClFN6O/c1-20-7-5-6-8-22(20)14-24(41)13-21(2)27-26(33)15-25-29(28(27)34)36-31(39-16-23(17-39)38(3)4)37-30(25)40-18-32(19-40)9-11-35-12-10-32/h5-8,13-15,23,35,41H,9-12,16-19H2,1-4H3/b21-13+,24-14+. The van der Waals surface area contributed by atoms with Gasteiger partial charge in [0.1, 0.15) is 17.1 Å². The summed E-state index contributed by atoms with van der Waals surface area (Å²) in [5.74, 6) is 0.836. The van der Waals surface area contributed by atoms with Gasteiger partial charge < -0.3 is 25.1 Å². The van der Waals surface area contributed by atoms with Crippen molar-refractivity contribution in [2.45, 2.75) is 32.7 Å². The topological polar surface area (TPSA) is 67.8 Å². The molecule has 0 amide bonds. The summed E-state index contributed by atoms with van der Waals surface area (Å²) < 4.78 is 16.4. The van der Waals surface area contributed by atoms with Crippen LogP contribution >= 0.6 is 11.6 Å². The molecule has 9 heteroatoms. The quantitative estimate of drug-likeness (QED) is 0.289. The highest BCUT2D eigenvalue weighted by atomic mass is 35.5. The smallest absolute Gasteiger partial charge is 0.228 e. The van der Waals surface area contributed by atoms with Crippen molar-refractivity contribution in [2.75, 3.05) is 63.2 Å². The number of aliphatic hydroxyl groups is 1. The second-order valence-electron chi connectivity index (χ2n) is 12.2. The number of aryl methyl sites for hydroxylation is 1. The molecule has 6 rings (SSSR count). The van der Waals surface area contributed by atoms with E-state index in [0.717, 1.165) is 69.1 Å². The number of halogens is 2. The van der Waals surface area contributed by atoms with Crippen LogP contribution in [0.2, 0.25) is 5.02 Å². The van der Waals surface area contributed by atoms with E-state index < -0.39 is 5.82 Å². The lowest BCUT2D eigenvalue weighted by Crippen LogP contribution is -2.60. The van der Waals surface area contributed by atoms with Crippen LogP contribution in [0.1, 0.15) is 36.5 Å². The Morgan fingerprint density at radius 1 is 1.15 bits per heavy atom. The fraction of sp³-hybridized carbons (Fsp3) is 0.438. The van der Waals surface area contributed by atoms with Crippen molar-refractivity contribution in [3.05, 3.63) is 69.7 Å². The molecule has 0 atom stereocenters. The molecule has 7 nitrogen and oxygen atoms in total. The number of piperidine rings is 1. The molecule has 2 aromatic carbocycles. The maximum absolute atomic E-state index is 16.4. The monoisotopic (exact) mass is 576 g/mol. The van der Waals surface area contributed by atoms with Gasteiger partial charge >= 0.3 is 0 Å². The Bertz CT molecular complexity index is 1530. The van der Waals surface area contributed by atoms with Gasteiger partial charge in [-0.15, -0.1) is 0 Å². The fourth-order valence-electron chi connectivity index (χ4n) is 6.29. The van der Waals surface area contributed by atoms with E-state index >= 15 is 4.39 Å². The van der Waals surface area contributed by atoms with E-state index in [1.807, 2.05) is 31.2 Å². The minimum Gasteiger partial charge on any atom is -0.508 e. The zero-order chi connectivity index (χ0) is 28.9. The average molecular weight is 577 g/mol. The van der Waals surface area contributed by atoms with Crippen LogP contribution in [0.25, 0.3) is 22.6 Å². The maximum Gasteiger partial charge on any atom is 0.228 e. The summed E-state index contributed by atoms with van der Waals surface area (Å²) in [6.07, 6.45) is 5.51. The van der Waals surface area contributed by atoms with Gasteiger partial charge in [-0.3, -0.25) is 0 Å². The number of likely N-dealkylation sites (N-methyl/N-ethyl adjacent to an activating group) is 1. The minimum atomic E-state index is -0.489. The molecule has 3 aromatic rings. The molecule has 0 saturated carbocycles. The lowest BCUT2D eigenvalue weighted by Gasteiger charge is -2.53. The Kier molecular flexibility index (Phi) is 7.42. The second-order valence-corrected chi connectivity index (χ2v) is 12.6. The van der Waals surface area contributed by atoms with Gasteiger partial charge in [-0.05, 0) is 88.8 Å². The Labute approximate surface area is 246 Å². The molecule has 0 bridgehead atoms. The number of nitrogens with zero attached hydrogens (tertiary/aromatic N) is 5. The van der Waals surface area contributed by atoms with Crippen molar-refractivity contribution in [3.8, 4) is 0 Å². The summed E-state index contributed by atoms with van der Waals surface area (Å²) in [6.45, 7) is 9.20. The first-order valence-electron chi connectivity index (χ1n) is 14.4. The largest absolute Gasteiger partial charge is 0.508 e. The molecule has 41 heavy (non-hydrogen) atoms. The van der Waals surface area contributed by atoms with Crippen LogP contribution in [-0.2, 0) is 0 Å².